The minimum absolute atomic E-state index is 0.0971. The molecule has 0 unspecified atom stereocenters. The minimum atomic E-state index is -0.0971. The van der Waals surface area contributed by atoms with E-state index in [-0.39, 0.29) is 16.9 Å². The lowest BCUT2D eigenvalue weighted by Gasteiger charge is -2.29. The van der Waals surface area contributed by atoms with E-state index < -0.39 is 0 Å². The standard InChI is InChI=1S/C20H32O/c1-19(2,3)16-11-10-14(17(13-16)20(4,5)6)12-15-8-7-9-18(15)21/h10-11,13,15,18,21H,7-9,12H2,1-6H3/t15-,18-/m1/s1. The lowest BCUT2D eigenvalue weighted by atomic mass is 9.77. The molecule has 1 N–H and O–H groups in total. The fourth-order valence-corrected chi connectivity index (χ4v) is 3.46. The molecule has 1 nitrogen and oxygen atoms in total. The van der Waals surface area contributed by atoms with Crippen molar-refractivity contribution in [1.82, 2.24) is 0 Å². The van der Waals surface area contributed by atoms with Gasteiger partial charge in [-0.1, -0.05) is 66.2 Å². The number of aliphatic hydroxyl groups excluding tert-OH is 1. The summed E-state index contributed by atoms with van der Waals surface area (Å²) in [7, 11) is 0. The summed E-state index contributed by atoms with van der Waals surface area (Å²) >= 11 is 0. The molecule has 0 bridgehead atoms. The molecule has 1 aliphatic rings. The molecule has 1 fully saturated rings. The molecule has 1 aromatic rings. The van der Waals surface area contributed by atoms with Gasteiger partial charge >= 0.3 is 0 Å². The number of benzene rings is 1. The van der Waals surface area contributed by atoms with Crippen LogP contribution in [0.5, 0.6) is 0 Å². The first-order valence-electron chi connectivity index (χ1n) is 8.41. The van der Waals surface area contributed by atoms with Crippen LogP contribution in [0.2, 0.25) is 0 Å². The van der Waals surface area contributed by atoms with Crippen LogP contribution in [0.3, 0.4) is 0 Å². The van der Waals surface area contributed by atoms with E-state index in [1.165, 1.54) is 29.5 Å². The van der Waals surface area contributed by atoms with Crippen LogP contribution in [0.25, 0.3) is 0 Å². The van der Waals surface area contributed by atoms with E-state index in [4.69, 9.17) is 0 Å². The van der Waals surface area contributed by atoms with Gasteiger partial charge in [-0.2, -0.15) is 0 Å². The Kier molecular flexibility index (Phi) is 4.54. The molecule has 2 atom stereocenters. The summed E-state index contributed by atoms with van der Waals surface area (Å²) in [5.74, 6) is 0.451. The molecule has 118 valence electrons. The summed E-state index contributed by atoms with van der Waals surface area (Å²) < 4.78 is 0. The third-order valence-electron chi connectivity index (χ3n) is 4.88. The second-order valence-electron chi connectivity index (χ2n) is 8.83. The molecule has 0 radical (unpaired) electrons. The molecule has 1 heteroatoms. The van der Waals surface area contributed by atoms with Crippen LogP contribution >= 0.6 is 0 Å². The van der Waals surface area contributed by atoms with Gasteiger partial charge in [0.2, 0.25) is 0 Å². The summed E-state index contributed by atoms with van der Waals surface area (Å²) in [6, 6.07) is 6.99. The maximum atomic E-state index is 10.1. The van der Waals surface area contributed by atoms with Gasteiger partial charge in [-0.15, -0.1) is 0 Å². The van der Waals surface area contributed by atoms with E-state index >= 15 is 0 Å². The van der Waals surface area contributed by atoms with Crippen LogP contribution < -0.4 is 0 Å². The molecule has 0 aromatic heterocycles. The molecular weight excluding hydrogens is 256 g/mol. The Labute approximate surface area is 130 Å². The fraction of sp³-hybridized carbons (Fsp3) is 0.700. The molecule has 2 rings (SSSR count). The highest BCUT2D eigenvalue weighted by Gasteiger charge is 2.28. The summed E-state index contributed by atoms with van der Waals surface area (Å²) in [6.45, 7) is 13.7. The van der Waals surface area contributed by atoms with Gasteiger partial charge in [0.1, 0.15) is 0 Å². The highest BCUT2D eigenvalue weighted by Crippen LogP contribution is 2.35. The number of hydrogen-bond donors (Lipinski definition) is 1. The van der Waals surface area contributed by atoms with Crippen LogP contribution in [0.15, 0.2) is 18.2 Å². The van der Waals surface area contributed by atoms with Crippen molar-refractivity contribution < 1.29 is 5.11 Å². The SMILES string of the molecule is CC(C)(C)c1ccc(C[C@H]2CCC[C@H]2O)c(C(C)(C)C)c1. The lowest BCUT2D eigenvalue weighted by molar-refractivity contribution is 0.132. The van der Waals surface area contributed by atoms with E-state index in [0.29, 0.717) is 5.92 Å². The normalized spacial score (nSPS) is 23.6. The van der Waals surface area contributed by atoms with Gasteiger partial charge in [-0.25, -0.2) is 0 Å². The Morgan fingerprint density at radius 1 is 1.00 bits per heavy atom. The van der Waals surface area contributed by atoms with Gasteiger partial charge in [0, 0.05) is 0 Å². The molecule has 1 aliphatic carbocycles. The predicted molar refractivity (Wildman–Crippen MR) is 90.9 cm³/mol. The van der Waals surface area contributed by atoms with E-state index in [1.54, 1.807) is 0 Å². The highest BCUT2D eigenvalue weighted by atomic mass is 16.3. The van der Waals surface area contributed by atoms with Crippen molar-refractivity contribution in [3.8, 4) is 0 Å². The summed E-state index contributed by atoms with van der Waals surface area (Å²) in [5.41, 5.74) is 4.63. The largest absolute Gasteiger partial charge is 0.393 e. The Morgan fingerprint density at radius 2 is 1.67 bits per heavy atom. The van der Waals surface area contributed by atoms with Crippen molar-refractivity contribution in [2.24, 2.45) is 5.92 Å². The Bertz CT molecular complexity index is 488. The molecule has 21 heavy (non-hydrogen) atoms. The summed E-state index contributed by atoms with van der Waals surface area (Å²) in [4.78, 5) is 0. The monoisotopic (exact) mass is 288 g/mol. The first-order chi connectivity index (χ1) is 9.59. The first kappa shape index (κ1) is 16.5. The molecule has 0 amide bonds. The maximum Gasteiger partial charge on any atom is 0.0571 e. The second kappa shape index (κ2) is 5.76. The smallest absolute Gasteiger partial charge is 0.0571 e. The van der Waals surface area contributed by atoms with Crippen LogP contribution in [0, 0.1) is 5.92 Å². The quantitative estimate of drug-likeness (QED) is 0.813. The van der Waals surface area contributed by atoms with Crippen LogP contribution in [0.1, 0.15) is 77.5 Å². The zero-order valence-corrected chi connectivity index (χ0v) is 14.7. The van der Waals surface area contributed by atoms with Crippen molar-refractivity contribution in [2.45, 2.75) is 84.2 Å². The molecule has 0 saturated heterocycles. The van der Waals surface area contributed by atoms with Gasteiger partial charge in [0.05, 0.1) is 6.10 Å². The second-order valence-corrected chi connectivity index (χ2v) is 8.83. The van der Waals surface area contributed by atoms with Crippen molar-refractivity contribution in [3.63, 3.8) is 0 Å². The van der Waals surface area contributed by atoms with Gasteiger partial charge in [0.15, 0.2) is 0 Å². The third kappa shape index (κ3) is 3.88. The average molecular weight is 288 g/mol. The van der Waals surface area contributed by atoms with Crippen molar-refractivity contribution in [3.05, 3.63) is 34.9 Å². The average Bonchev–Trinajstić information content (AvgIpc) is 2.73. The lowest BCUT2D eigenvalue weighted by Crippen LogP contribution is -2.21. The van der Waals surface area contributed by atoms with Crippen LogP contribution in [-0.4, -0.2) is 11.2 Å². The van der Waals surface area contributed by atoms with E-state index in [0.717, 1.165) is 12.8 Å². The van der Waals surface area contributed by atoms with E-state index in [2.05, 4.69) is 59.7 Å². The third-order valence-corrected chi connectivity index (χ3v) is 4.88. The Morgan fingerprint density at radius 3 is 2.14 bits per heavy atom. The van der Waals surface area contributed by atoms with Crippen molar-refractivity contribution in [1.29, 1.82) is 0 Å². The van der Waals surface area contributed by atoms with E-state index in [1.807, 2.05) is 0 Å². The topological polar surface area (TPSA) is 20.2 Å². The Hall–Kier alpha value is -0.820. The number of aliphatic hydroxyl groups is 1. The maximum absolute atomic E-state index is 10.1. The van der Waals surface area contributed by atoms with Gasteiger partial charge in [0.25, 0.3) is 0 Å². The molecule has 0 aliphatic heterocycles. The zero-order valence-electron chi connectivity index (χ0n) is 14.7. The molecule has 0 heterocycles. The number of rotatable bonds is 2. The summed E-state index contributed by atoms with van der Waals surface area (Å²) in [5, 5.41) is 10.1. The van der Waals surface area contributed by atoms with Crippen molar-refractivity contribution >= 4 is 0 Å². The van der Waals surface area contributed by atoms with Crippen LogP contribution in [-0.2, 0) is 17.3 Å². The zero-order chi connectivity index (χ0) is 15.8. The molecule has 0 spiro atoms. The molecule has 1 aromatic carbocycles. The molecule has 1 saturated carbocycles. The van der Waals surface area contributed by atoms with Gasteiger partial charge < -0.3 is 5.11 Å². The number of hydrogen-bond acceptors (Lipinski definition) is 1. The Balaban J connectivity index is 2.36. The fourth-order valence-electron chi connectivity index (χ4n) is 3.46. The predicted octanol–water partition coefficient (Wildman–Crippen LogP) is 4.99. The highest BCUT2D eigenvalue weighted by molar-refractivity contribution is 5.39. The van der Waals surface area contributed by atoms with Crippen molar-refractivity contribution in [2.75, 3.05) is 0 Å². The molecular formula is C20H32O. The minimum Gasteiger partial charge on any atom is -0.393 e. The van der Waals surface area contributed by atoms with Gasteiger partial charge in [-0.3, -0.25) is 0 Å². The van der Waals surface area contributed by atoms with Crippen LogP contribution in [0.4, 0.5) is 0 Å². The summed E-state index contributed by atoms with van der Waals surface area (Å²) in [6.07, 6.45) is 4.26. The van der Waals surface area contributed by atoms with E-state index in [9.17, 15) is 5.11 Å². The first-order valence-corrected chi connectivity index (χ1v) is 8.41. The van der Waals surface area contributed by atoms with Gasteiger partial charge in [-0.05, 0) is 52.7 Å².